The first-order chi connectivity index (χ1) is 7.56. The van der Waals surface area contributed by atoms with Crippen molar-refractivity contribution in [2.75, 3.05) is 19.8 Å². The van der Waals surface area contributed by atoms with Crippen molar-refractivity contribution in [1.29, 1.82) is 0 Å². The van der Waals surface area contributed by atoms with E-state index in [9.17, 15) is 8.42 Å². The largest absolute Gasteiger partial charge is 0.380 e. The lowest BCUT2D eigenvalue weighted by Crippen LogP contribution is -2.27. The van der Waals surface area contributed by atoms with Gasteiger partial charge >= 0.3 is 0 Å². The summed E-state index contributed by atoms with van der Waals surface area (Å²) in [6.45, 7) is 2.98. The van der Waals surface area contributed by atoms with Crippen LogP contribution in [0.5, 0.6) is 0 Å². The van der Waals surface area contributed by atoms with E-state index in [4.69, 9.17) is 16.3 Å². The summed E-state index contributed by atoms with van der Waals surface area (Å²) in [4.78, 5) is 3.81. The molecule has 1 rings (SSSR count). The van der Waals surface area contributed by atoms with Crippen molar-refractivity contribution in [3.05, 3.63) is 23.5 Å². The van der Waals surface area contributed by atoms with Gasteiger partial charge in [0.1, 0.15) is 5.15 Å². The van der Waals surface area contributed by atoms with E-state index < -0.39 is 10.0 Å². The zero-order valence-corrected chi connectivity index (χ0v) is 10.4. The van der Waals surface area contributed by atoms with Gasteiger partial charge in [-0.3, -0.25) is 0 Å². The summed E-state index contributed by atoms with van der Waals surface area (Å²) in [7, 11) is -3.52. The number of nitrogens with one attached hydrogen (secondary N) is 1. The second-order valence-corrected chi connectivity index (χ2v) is 5.06. The van der Waals surface area contributed by atoms with E-state index in [1.807, 2.05) is 6.92 Å². The molecule has 0 aliphatic rings. The third-order valence-electron chi connectivity index (χ3n) is 1.75. The number of ether oxygens (including phenoxy) is 1. The lowest BCUT2D eigenvalue weighted by Gasteiger charge is -2.06. The molecule has 5 nitrogen and oxygen atoms in total. The molecule has 1 aromatic rings. The van der Waals surface area contributed by atoms with E-state index >= 15 is 0 Å². The summed E-state index contributed by atoms with van der Waals surface area (Å²) in [6.07, 6.45) is 1.35. The maximum absolute atomic E-state index is 11.7. The van der Waals surface area contributed by atoms with Gasteiger partial charge in [-0.05, 0) is 19.1 Å². The zero-order valence-electron chi connectivity index (χ0n) is 8.81. The predicted octanol–water partition coefficient (Wildman–Crippen LogP) is 1.05. The summed E-state index contributed by atoms with van der Waals surface area (Å²) in [5, 5.41) is 0.146. The first kappa shape index (κ1) is 13.4. The normalized spacial score (nSPS) is 11.6. The molecule has 0 radical (unpaired) electrons. The van der Waals surface area contributed by atoms with Crippen LogP contribution in [0.15, 0.2) is 23.2 Å². The number of pyridine rings is 1. The molecule has 1 N–H and O–H groups in total. The van der Waals surface area contributed by atoms with Crippen LogP contribution in [0.4, 0.5) is 0 Å². The highest BCUT2D eigenvalue weighted by Gasteiger charge is 2.13. The van der Waals surface area contributed by atoms with Crippen LogP contribution in [-0.2, 0) is 14.8 Å². The fourth-order valence-corrected chi connectivity index (χ4v) is 2.29. The van der Waals surface area contributed by atoms with Crippen molar-refractivity contribution in [2.45, 2.75) is 11.8 Å². The number of hydrogen-bond donors (Lipinski definition) is 1. The van der Waals surface area contributed by atoms with Crippen LogP contribution in [0.3, 0.4) is 0 Å². The van der Waals surface area contributed by atoms with E-state index in [2.05, 4.69) is 9.71 Å². The Bertz CT molecular complexity index is 436. The summed E-state index contributed by atoms with van der Waals surface area (Å²) in [6, 6.07) is 2.68. The molecule has 0 spiro atoms. The third kappa shape index (κ3) is 4.05. The van der Waals surface area contributed by atoms with Gasteiger partial charge in [0, 0.05) is 19.3 Å². The molecule has 0 aromatic carbocycles. The Morgan fingerprint density at radius 3 is 2.94 bits per heavy atom. The van der Waals surface area contributed by atoms with Crippen LogP contribution in [0.25, 0.3) is 0 Å². The van der Waals surface area contributed by atoms with Crippen molar-refractivity contribution in [3.8, 4) is 0 Å². The second kappa shape index (κ2) is 6.15. The van der Waals surface area contributed by atoms with E-state index in [-0.39, 0.29) is 16.6 Å². The Balaban J connectivity index is 2.64. The minimum absolute atomic E-state index is 0.101. The second-order valence-electron chi connectivity index (χ2n) is 2.91. The van der Waals surface area contributed by atoms with Gasteiger partial charge in [0.25, 0.3) is 0 Å². The molecular formula is C9H13ClN2O3S. The molecule has 0 saturated heterocycles. The van der Waals surface area contributed by atoms with Crippen LogP contribution < -0.4 is 4.72 Å². The van der Waals surface area contributed by atoms with E-state index in [1.165, 1.54) is 18.3 Å². The highest BCUT2D eigenvalue weighted by molar-refractivity contribution is 7.89. The number of sulfonamides is 1. The molecule has 0 saturated carbocycles. The first-order valence-electron chi connectivity index (χ1n) is 4.75. The maximum Gasteiger partial charge on any atom is 0.240 e. The summed E-state index contributed by atoms with van der Waals surface area (Å²) < 4.78 is 30.8. The van der Waals surface area contributed by atoms with E-state index in [0.29, 0.717) is 13.2 Å². The molecule has 0 amide bonds. The summed E-state index contributed by atoms with van der Waals surface area (Å²) in [5.74, 6) is 0. The Kier molecular flexibility index (Phi) is 5.14. The van der Waals surface area contributed by atoms with Crippen molar-refractivity contribution in [3.63, 3.8) is 0 Å². The molecule has 0 atom stereocenters. The third-order valence-corrected chi connectivity index (χ3v) is 3.42. The average molecular weight is 265 g/mol. The van der Waals surface area contributed by atoms with Gasteiger partial charge in [0.2, 0.25) is 10.0 Å². The van der Waals surface area contributed by atoms with Crippen molar-refractivity contribution in [1.82, 2.24) is 9.71 Å². The SMILES string of the molecule is CCOCCNS(=O)(=O)c1ccnc(Cl)c1. The van der Waals surface area contributed by atoms with Crippen LogP contribution >= 0.6 is 11.6 Å². The molecule has 1 aromatic heterocycles. The molecule has 7 heteroatoms. The molecule has 0 aliphatic heterocycles. The molecule has 0 aliphatic carbocycles. The lowest BCUT2D eigenvalue weighted by molar-refractivity contribution is 0.153. The van der Waals surface area contributed by atoms with Crippen LogP contribution in [-0.4, -0.2) is 33.2 Å². The fourth-order valence-electron chi connectivity index (χ4n) is 1.03. The summed E-state index contributed by atoms with van der Waals surface area (Å²) in [5.41, 5.74) is 0. The minimum Gasteiger partial charge on any atom is -0.380 e. The molecule has 16 heavy (non-hydrogen) atoms. The van der Waals surface area contributed by atoms with Crippen LogP contribution in [0.1, 0.15) is 6.92 Å². The topological polar surface area (TPSA) is 68.3 Å². The van der Waals surface area contributed by atoms with Crippen molar-refractivity contribution >= 4 is 21.6 Å². The van der Waals surface area contributed by atoms with Crippen LogP contribution in [0.2, 0.25) is 5.15 Å². The summed E-state index contributed by atoms with van der Waals surface area (Å²) >= 11 is 5.61. The van der Waals surface area contributed by atoms with Gasteiger partial charge in [-0.1, -0.05) is 11.6 Å². The highest BCUT2D eigenvalue weighted by atomic mass is 35.5. The van der Waals surface area contributed by atoms with Gasteiger partial charge in [0.15, 0.2) is 0 Å². The number of aromatic nitrogens is 1. The highest BCUT2D eigenvalue weighted by Crippen LogP contribution is 2.12. The quantitative estimate of drug-likeness (QED) is 0.616. The number of hydrogen-bond acceptors (Lipinski definition) is 4. The number of nitrogens with zero attached hydrogens (tertiary/aromatic N) is 1. The molecule has 0 fully saturated rings. The lowest BCUT2D eigenvalue weighted by atomic mass is 10.5. The van der Waals surface area contributed by atoms with Gasteiger partial charge in [-0.2, -0.15) is 0 Å². The fraction of sp³-hybridized carbons (Fsp3) is 0.444. The average Bonchev–Trinajstić information content (AvgIpc) is 2.24. The molecule has 0 unspecified atom stereocenters. The molecule has 0 bridgehead atoms. The standard InChI is InChI=1S/C9H13ClN2O3S/c1-2-15-6-5-12-16(13,14)8-3-4-11-9(10)7-8/h3-4,7,12H,2,5-6H2,1H3. The van der Waals surface area contributed by atoms with Gasteiger partial charge in [0.05, 0.1) is 11.5 Å². The molecular weight excluding hydrogens is 252 g/mol. The van der Waals surface area contributed by atoms with E-state index in [1.54, 1.807) is 0 Å². The molecule has 90 valence electrons. The minimum atomic E-state index is -3.52. The maximum atomic E-state index is 11.7. The van der Waals surface area contributed by atoms with Crippen molar-refractivity contribution < 1.29 is 13.2 Å². The zero-order chi connectivity index (χ0) is 12.0. The van der Waals surface area contributed by atoms with Crippen LogP contribution in [0, 0.1) is 0 Å². The van der Waals surface area contributed by atoms with Crippen molar-refractivity contribution in [2.24, 2.45) is 0 Å². The smallest absolute Gasteiger partial charge is 0.240 e. The number of rotatable bonds is 6. The predicted molar refractivity (Wildman–Crippen MR) is 60.9 cm³/mol. The Hall–Kier alpha value is -0.690. The Morgan fingerprint density at radius 1 is 1.56 bits per heavy atom. The van der Waals surface area contributed by atoms with Gasteiger partial charge < -0.3 is 4.74 Å². The molecule has 1 heterocycles. The van der Waals surface area contributed by atoms with E-state index in [0.717, 1.165) is 0 Å². The first-order valence-corrected chi connectivity index (χ1v) is 6.61. The van der Waals surface area contributed by atoms with Gasteiger partial charge in [-0.25, -0.2) is 18.1 Å². The Labute approximate surface area is 99.8 Å². The number of halogens is 1. The monoisotopic (exact) mass is 264 g/mol. The van der Waals surface area contributed by atoms with Gasteiger partial charge in [-0.15, -0.1) is 0 Å². The Morgan fingerprint density at radius 2 is 2.31 bits per heavy atom.